The monoisotopic (exact) mass is 215 g/mol. The van der Waals surface area contributed by atoms with Crippen molar-refractivity contribution >= 4 is 5.97 Å². The minimum Gasteiger partial charge on any atom is -0.481 e. The number of hydrogen-bond acceptors (Lipinski definition) is 3. The molecule has 1 aliphatic rings. The lowest BCUT2D eigenvalue weighted by Crippen LogP contribution is -2.55. The summed E-state index contributed by atoms with van der Waals surface area (Å²) in [4.78, 5) is 13.3. The quantitative estimate of drug-likeness (QED) is 0.735. The van der Waals surface area contributed by atoms with Crippen LogP contribution < -0.4 is 0 Å². The fraction of sp³-hybridized carbons (Fsp3) is 0.909. The summed E-state index contributed by atoms with van der Waals surface area (Å²) in [5.41, 5.74) is -2.13. The van der Waals surface area contributed by atoms with E-state index in [4.69, 9.17) is 5.11 Å². The molecule has 88 valence electrons. The summed E-state index contributed by atoms with van der Waals surface area (Å²) in [5, 5.41) is 19.5. The molecule has 0 radical (unpaired) electrons. The van der Waals surface area contributed by atoms with Gasteiger partial charge in [0.1, 0.15) is 0 Å². The fourth-order valence-electron chi connectivity index (χ4n) is 2.06. The van der Waals surface area contributed by atoms with Gasteiger partial charge in [-0.3, -0.25) is 4.79 Å². The molecule has 1 rings (SSSR count). The number of carbonyl (C=O) groups is 1. The maximum atomic E-state index is 11.1. The van der Waals surface area contributed by atoms with Crippen LogP contribution in [0.3, 0.4) is 0 Å². The van der Waals surface area contributed by atoms with Gasteiger partial charge in [0.2, 0.25) is 0 Å². The van der Waals surface area contributed by atoms with Crippen LogP contribution in [0.1, 0.15) is 33.6 Å². The van der Waals surface area contributed by atoms with Crippen molar-refractivity contribution < 1.29 is 15.0 Å². The summed E-state index contributed by atoms with van der Waals surface area (Å²) < 4.78 is 0. The lowest BCUT2D eigenvalue weighted by atomic mass is 9.69. The topological polar surface area (TPSA) is 60.8 Å². The van der Waals surface area contributed by atoms with Crippen molar-refractivity contribution in [2.45, 2.75) is 39.2 Å². The van der Waals surface area contributed by atoms with Gasteiger partial charge in [-0.1, -0.05) is 6.92 Å². The van der Waals surface area contributed by atoms with Crippen LogP contribution >= 0.6 is 0 Å². The van der Waals surface area contributed by atoms with Crippen molar-refractivity contribution in [3.05, 3.63) is 0 Å². The van der Waals surface area contributed by atoms with Crippen molar-refractivity contribution in [2.75, 3.05) is 19.6 Å². The minimum atomic E-state index is -1.06. The van der Waals surface area contributed by atoms with Gasteiger partial charge in [-0.25, -0.2) is 0 Å². The van der Waals surface area contributed by atoms with Crippen LogP contribution in [0.15, 0.2) is 0 Å². The number of rotatable bonds is 3. The van der Waals surface area contributed by atoms with Gasteiger partial charge in [0.25, 0.3) is 0 Å². The van der Waals surface area contributed by atoms with Crippen molar-refractivity contribution in [3.63, 3.8) is 0 Å². The van der Waals surface area contributed by atoms with Gasteiger partial charge >= 0.3 is 5.97 Å². The van der Waals surface area contributed by atoms with Crippen LogP contribution in [0, 0.1) is 5.41 Å². The zero-order chi connectivity index (χ0) is 11.7. The Hall–Kier alpha value is -0.610. The molecule has 0 aliphatic carbocycles. The van der Waals surface area contributed by atoms with Crippen molar-refractivity contribution in [2.24, 2.45) is 5.41 Å². The first-order valence-electron chi connectivity index (χ1n) is 5.51. The maximum Gasteiger partial charge on any atom is 0.312 e. The SMILES string of the molecule is CCN1CCC(O)(C(C)(C)C(=O)O)CC1. The third-order valence-electron chi connectivity index (χ3n) is 3.83. The van der Waals surface area contributed by atoms with Crippen LogP contribution in [0.5, 0.6) is 0 Å². The number of carboxylic acid groups (broad SMARTS) is 1. The fourth-order valence-corrected chi connectivity index (χ4v) is 2.06. The van der Waals surface area contributed by atoms with Gasteiger partial charge in [0, 0.05) is 13.1 Å². The second-order valence-corrected chi connectivity index (χ2v) is 4.90. The molecule has 1 fully saturated rings. The van der Waals surface area contributed by atoms with Crippen molar-refractivity contribution in [1.82, 2.24) is 4.90 Å². The first-order chi connectivity index (χ1) is 6.83. The molecule has 15 heavy (non-hydrogen) atoms. The highest BCUT2D eigenvalue weighted by molar-refractivity contribution is 5.75. The summed E-state index contributed by atoms with van der Waals surface area (Å²) in [6, 6.07) is 0. The standard InChI is InChI=1S/C11H21NO3/c1-4-12-7-5-11(15,6-8-12)10(2,3)9(13)14/h15H,4-8H2,1-3H3,(H,13,14). The minimum absolute atomic E-state index is 0.542. The number of aliphatic carboxylic acids is 1. The van der Waals surface area contributed by atoms with E-state index in [0.29, 0.717) is 12.8 Å². The van der Waals surface area contributed by atoms with Gasteiger partial charge in [-0.15, -0.1) is 0 Å². The van der Waals surface area contributed by atoms with Gasteiger partial charge in [0.05, 0.1) is 11.0 Å². The summed E-state index contributed by atoms with van der Waals surface area (Å²) >= 11 is 0. The van der Waals surface area contributed by atoms with E-state index < -0.39 is 17.0 Å². The van der Waals surface area contributed by atoms with E-state index in [-0.39, 0.29) is 0 Å². The second-order valence-electron chi connectivity index (χ2n) is 4.90. The highest BCUT2D eigenvalue weighted by Crippen LogP contribution is 2.39. The highest BCUT2D eigenvalue weighted by atomic mass is 16.4. The summed E-state index contributed by atoms with van der Waals surface area (Å²) in [7, 11) is 0. The number of hydrogen-bond donors (Lipinski definition) is 2. The second kappa shape index (κ2) is 4.10. The Balaban J connectivity index is 2.74. The molecule has 4 nitrogen and oxygen atoms in total. The maximum absolute atomic E-state index is 11.1. The summed E-state index contributed by atoms with van der Waals surface area (Å²) in [5.74, 6) is -0.921. The van der Waals surface area contributed by atoms with Crippen molar-refractivity contribution in [1.29, 1.82) is 0 Å². The predicted octanol–water partition coefficient (Wildman–Crippen LogP) is 0.944. The van der Waals surface area contributed by atoms with Gasteiger partial charge in [-0.05, 0) is 33.2 Å². The van der Waals surface area contributed by atoms with Crippen LogP contribution in [0.25, 0.3) is 0 Å². The molecular formula is C11H21NO3. The summed E-state index contributed by atoms with van der Waals surface area (Å²) in [6.45, 7) is 7.82. The zero-order valence-electron chi connectivity index (χ0n) is 9.79. The van der Waals surface area contributed by atoms with Gasteiger partial charge in [0.15, 0.2) is 0 Å². The van der Waals surface area contributed by atoms with Crippen LogP contribution in [0.2, 0.25) is 0 Å². The molecule has 0 atom stereocenters. The number of piperidine rings is 1. The molecule has 0 saturated carbocycles. The van der Waals surface area contributed by atoms with E-state index in [1.54, 1.807) is 13.8 Å². The lowest BCUT2D eigenvalue weighted by molar-refractivity contribution is -0.171. The lowest BCUT2D eigenvalue weighted by Gasteiger charge is -2.45. The van der Waals surface area contributed by atoms with E-state index in [2.05, 4.69) is 11.8 Å². The smallest absolute Gasteiger partial charge is 0.312 e. The molecule has 4 heteroatoms. The van der Waals surface area contributed by atoms with Gasteiger partial charge < -0.3 is 15.1 Å². The molecular weight excluding hydrogens is 194 g/mol. The third-order valence-corrected chi connectivity index (χ3v) is 3.83. The highest BCUT2D eigenvalue weighted by Gasteiger charge is 2.50. The van der Waals surface area contributed by atoms with Crippen LogP contribution in [-0.2, 0) is 4.79 Å². The Labute approximate surface area is 90.9 Å². The molecule has 2 N–H and O–H groups in total. The molecule has 1 saturated heterocycles. The molecule has 0 aromatic rings. The molecule has 0 aromatic heterocycles. The predicted molar refractivity (Wildman–Crippen MR) is 57.7 cm³/mol. The number of nitrogens with zero attached hydrogens (tertiary/aromatic N) is 1. The van der Waals surface area contributed by atoms with Crippen LogP contribution in [-0.4, -0.2) is 46.3 Å². The molecule has 0 bridgehead atoms. The number of aliphatic hydroxyl groups is 1. The Morgan fingerprint density at radius 2 is 1.87 bits per heavy atom. The Morgan fingerprint density at radius 1 is 1.40 bits per heavy atom. The van der Waals surface area contributed by atoms with E-state index in [0.717, 1.165) is 19.6 Å². The largest absolute Gasteiger partial charge is 0.481 e. The molecule has 0 spiro atoms. The van der Waals surface area contributed by atoms with E-state index >= 15 is 0 Å². The Bertz CT molecular complexity index is 242. The number of carboxylic acids is 1. The van der Waals surface area contributed by atoms with Gasteiger partial charge in [-0.2, -0.15) is 0 Å². The molecule has 1 aliphatic heterocycles. The Kier molecular flexibility index (Phi) is 3.41. The average Bonchev–Trinajstić information content (AvgIpc) is 2.18. The average molecular weight is 215 g/mol. The summed E-state index contributed by atoms with van der Waals surface area (Å²) in [6.07, 6.45) is 1.08. The number of likely N-dealkylation sites (tertiary alicyclic amines) is 1. The van der Waals surface area contributed by atoms with E-state index in [1.807, 2.05) is 0 Å². The van der Waals surface area contributed by atoms with Crippen molar-refractivity contribution in [3.8, 4) is 0 Å². The third kappa shape index (κ3) is 2.16. The molecule has 1 heterocycles. The molecule has 0 amide bonds. The molecule has 0 aromatic carbocycles. The molecule has 0 unspecified atom stereocenters. The van der Waals surface area contributed by atoms with Crippen LogP contribution in [0.4, 0.5) is 0 Å². The zero-order valence-corrected chi connectivity index (χ0v) is 9.79. The van der Waals surface area contributed by atoms with E-state index in [1.165, 1.54) is 0 Å². The van der Waals surface area contributed by atoms with E-state index in [9.17, 15) is 9.90 Å². The Morgan fingerprint density at radius 3 is 2.20 bits per heavy atom. The first-order valence-corrected chi connectivity index (χ1v) is 5.51. The normalized spacial score (nSPS) is 22.7. The first kappa shape index (κ1) is 12.5.